The molecule has 0 atom stereocenters. The first-order chi connectivity index (χ1) is 12.3. The summed E-state index contributed by atoms with van der Waals surface area (Å²) < 4.78 is 0. The second-order valence-corrected chi connectivity index (χ2v) is 7.21. The summed E-state index contributed by atoms with van der Waals surface area (Å²) in [5.41, 5.74) is 2.38. The molecule has 1 aliphatic rings. The lowest BCUT2D eigenvalue weighted by Gasteiger charge is -2.34. The van der Waals surface area contributed by atoms with Gasteiger partial charge in [0, 0.05) is 43.2 Å². The average molecular weight is 352 g/mol. The molecule has 128 valence electrons. The summed E-state index contributed by atoms with van der Waals surface area (Å²) in [5, 5.41) is 9.29. The second-order valence-electron chi connectivity index (χ2n) is 6.18. The fourth-order valence-corrected chi connectivity index (χ4v) is 3.84. The van der Waals surface area contributed by atoms with Gasteiger partial charge in [-0.3, -0.25) is 14.8 Å². The van der Waals surface area contributed by atoms with Crippen LogP contribution in [0.3, 0.4) is 0 Å². The van der Waals surface area contributed by atoms with E-state index < -0.39 is 0 Å². The molecule has 0 unspecified atom stereocenters. The van der Waals surface area contributed by atoms with Crippen molar-refractivity contribution in [3.8, 4) is 11.3 Å². The van der Waals surface area contributed by atoms with Gasteiger partial charge in [0.15, 0.2) is 0 Å². The largest absolute Gasteiger partial charge is 0.335 e. The normalized spacial score (nSPS) is 15.4. The monoisotopic (exact) mass is 352 g/mol. The van der Waals surface area contributed by atoms with E-state index in [1.807, 2.05) is 41.3 Å². The average Bonchev–Trinajstić information content (AvgIpc) is 3.34. The maximum absolute atomic E-state index is 12.7. The van der Waals surface area contributed by atoms with E-state index in [1.165, 1.54) is 4.88 Å². The Morgan fingerprint density at radius 2 is 1.88 bits per heavy atom. The van der Waals surface area contributed by atoms with Crippen LogP contribution in [0, 0.1) is 0 Å². The van der Waals surface area contributed by atoms with Crippen molar-refractivity contribution in [3.63, 3.8) is 0 Å². The standard InChI is InChI=1S/C19H20N4OS/c24-19(18-13-17(20-21-18)15-5-2-1-3-6-15)23-10-8-22(9-11-23)14-16-7-4-12-25-16/h1-7,12-13H,8-11,14H2,(H,20,21). The van der Waals surface area contributed by atoms with Gasteiger partial charge >= 0.3 is 0 Å². The van der Waals surface area contributed by atoms with E-state index in [2.05, 4.69) is 32.6 Å². The Balaban J connectivity index is 1.37. The highest BCUT2D eigenvalue weighted by molar-refractivity contribution is 7.09. The highest BCUT2D eigenvalue weighted by Gasteiger charge is 2.23. The van der Waals surface area contributed by atoms with Gasteiger partial charge in [-0.1, -0.05) is 36.4 Å². The first-order valence-electron chi connectivity index (χ1n) is 8.44. The van der Waals surface area contributed by atoms with Gasteiger partial charge in [0.25, 0.3) is 5.91 Å². The first-order valence-corrected chi connectivity index (χ1v) is 9.32. The van der Waals surface area contributed by atoms with Crippen molar-refractivity contribution in [2.45, 2.75) is 6.54 Å². The van der Waals surface area contributed by atoms with Gasteiger partial charge < -0.3 is 4.90 Å². The fraction of sp³-hybridized carbons (Fsp3) is 0.263. The third-order valence-corrected chi connectivity index (χ3v) is 5.36. The Bertz CT molecular complexity index is 820. The van der Waals surface area contributed by atoms with Gasteiger partial charge in [-0.25, -0.2) is 0 Å². The minimum atomic E-state index is 0.0328. The smallest absolute Gasteiger partial charge is 0.271 e. The zero-order valence-corrected chi connectivity index (χ0v) is 14.7. The van der Waals surface area contributed by atoms with Crippen molar-refractivity contribution in [1.29, 1.82) is 0 Å². The summed E-state index contributed by atoms with van der Waals surface area (Å²) in [6.07, 6.45) is 0. The van der Waals surface area contributed by atoms with E-state index in [0.29, 0.717) is 5.69 Å². The molecule has 1 fully saturated rings. The zero-order chi connectivity index (χ0) is 17.1. The number of piperazine rings is 1. The molecular weight excluding hydrogens is 332 g/mol. The molecule has 0 saturated carbocycles. The molecule has 5 nitrogen and oxygen atoms in total. The third-order valence-electron chi connectivity index (χ3n) is 4.50. The summed E-state index contributed by atoms with van der Waals surface area (Å²) >= 11 is 1.79. The van der Waals surface area contributed by atoms with Crippen molar-refractivity contribution in [1.82, 2.24) is 20.0 Å². The SMILES string of the molecule is O=C(c1cc(-c2ccccc2)n[nH]1)N1CCN(Cc2cccs2)CC1. The van der Waals surface area contributed by atoms with Gasteiger partial charge in [-0.05, 0) is 17.5 Å². The summed E-state index contributed by atoms with van der Waals surface area (Å²) in [6, 6.07) is 16.0. The Kier molecular flexibility index (Phi) is 4.63. The third kappa shape index (κ3) is 3.65. The van der Waals surface area contributed by atoms with Gasteiger partial charge in [-0.2, -0.15) is 5.10 Å². The lowest BCUT2D eigenvalue weighted by atomic mass is 10.1. The molecule has 0 radical (unpaired) electrons. The number of carbonyl (C=O) groups is 1. The molecule has 25 heavy (non-hydrogen) atoms. The van der Waals surface area contributed by atoms with Gasteiger partial charge in [0.05, 0.1) is 5.69 Å². The van der Waals surface area contributed by atoms with Gasteiger partial charge in [-0.15, -0.1) is 11.3 Å². The molecular formula is C19H20N4OS. The summed E-state index contributed by atoms with van der Waals surface area (Å²) in [4.78, 5) is 18.4. The van der Waals surface area contributed by atoms with Crippen LogP contribution in [0.4, 0.5) is 0 Å². The minimum Gasteiger partial charge on any atom is -0.335 e. The number of nitrogens with zero attached hydrogens (tertiary/aromatic N) is 3. The summed E-state index contributed by atoms with van der Waals surface area (Å²) in [6.45, 7) is 4.29. The number of aromatic amines is 1. The van der Waals surface area contributed by atoms with Crippen LogP contribution >= 0.6 is 11.3 Å². The van der Waals surface area contributed by atoms with Gasteiger partial charge in [0.2, 0.25) is 0 Å². The van der Waals surface area contributed by atoms with Crippen LogP contribution < -0.4 is 0 Å². The molecule has 0 spiro atoms. The molecule has 4 rings (SSSR count). The molecule has 0 bridgehead atoms. The Hall–Kier alpha value is -2.44. The topological polar surface area (TPSA) is 52.2 Å². The second kappa shape index (κ2) is 7.21. The van der Waals surface area contributed by atoms with Crippen LogP contribution in [0.1, 0.15) is 15.4 Å². The van der Waals surface area contributed by atoms with E-state index in [0.717, 1.165) is 44.0 Å². The predicted octanol–water partition coefficient (Wildman–Crippen LogP) is 3.10. The Morgan fingerprint density at radius 1 is 1.08 bits per heavy atom. The molecule has 6 heteroatoms. The number of rotatable bonds is 4. The number of hydrogen-bond acceptors (Lipinski definition) is 4. The Morgan fingerprint density at radius 3 is 2.60 bits per heavy atom. The number of carbonyl (C=O) groups excluding carboxylic acids is 1. The van der Waals surface area contributed by atoms with Gasteiger partial charge in [0.1, 0.15) is 5.69 Å². The van der Waals surface area contributed by atoms with Crippen molar-refractivity contribution in [2.24, 2.45) is 0 Å². The van der Waals surface area contributed by atoms with Crippen molar-refractivity contribution >= 4 is 17.2 Å². The zero-order valence-electron chi connectivity index (χ0n) is 13.9. The van der Waals surface area contributed by atoms with Crippen LogP contribution in [0.25, 0.3) is 11.3 Å². The number of thiophene rings is 1. The number of hydrogen-bond donors (Lipinski definition) is 1. The van der Waals surface area contributed by atoms with E-state index in [1.54, 1.807) is 11.3 Å². The highest BCUT2D eigenvalue weighted by atomic mass is 32.1. The van der Waals surface area contributed by atoms with E-state index in [4.69, 9.17) is 0 Å². The number of H-pyrrole nitrogens is 1. The number of amides is 1. The minimum absolute atomic E-state index is 0.0328. The number of nitrogens with one attached hydrogen (secondary N) is 1. The molecule has 1 aliphatic heterocycles. The molecule has 1 aromatic carbocycles. The van der Waals surface area contributed by atoms with Crippen molar-refractivity contribution in [2.75, 3.05) is 26.2 Å². The highest BCUT2D eigenvalue weighted by Crippen LogP contribution is 2.19. The van der Waals surface area contributed by atoms with Crippen LogP contribution in [0.15, 0.2) is 53.9 Å². The predicted molar refractivity (Wildman–Crippen MR) is 99.5 cm³/mol. The van der Waals surface area contributed by atoms with Crippen molar-refractivity contribution < 1.29 is 4.79 Å². The first kappa shape index (κ1) is 16.1. The maximum Gasteiger partial charge on any atom is 0.271 e. The lowest BCUT2D eigenvalue weighted by Crippen LogP contribution is -2.48. The molecule has 1 amide bonds. The van der Waals surface area contributed by atoms with E-state index >= 15 is 0 Å². The lowest BCUT2D eigenvalue weighted by molar-refractivity contribution is 0.0624. The van der Waals surface area contributed by atoms with Crippen LogP contribution in [-0.4, -0.2) is 52.1 Å². The number of aromatic nitrogens is 2. The van der Waals surface area contributed by atoms with Crippen LogP contribution in [-0.2, 0) is 6.54 Å². The van der Waals surface area contributed by atoms with Crippen molar-refractivity contribution in [3.05, 3.63) is 64.5 Å². The number of benzene rings is 1. The van der Waals surface area contributed by atoms with Crippen LogP contribution in [0.2, 0.25) is 0 Å². The molecule has 2 aromatic heterocycles. The molecule has 1 saturated heterocycles. The fourth-order valence-electron chi connectivity index (χ4n) is 3.09. The summed E-state index contributed by atoms with van der Waals surface area (Å²) in [5.74, 6) is 0.0328. The summed E-state index contributed by atoms with van der Waals surface area (Å²) in [7, 11) is 0. The molecule has 3 heterocycles. The van der Waals surface area contributed by atoms with E-state index in [-0.39, 0.29) is 5.91 Å². The Labute approximate surface area is 150 Å². The maximum atomic E-state index is 12.7. The molecule has 1 N–H and O–H groups in total. The molecule has 0 aliphatic carbocycles. The van der Waals surface area contributed by atoms with Crippen LogP contribution in [0.5, 0.6) is 0 Å². The quantitative estimate of drug-likeness (QED) is 0.785. The molecule has 3 aromatic rings. The van der Waals surface area contributed by atoms with E-state index in [9.17, 15) is 4.79 Å².